The Morgan fingerprint density at radius 1 is 1.16 bits per heavy atom. The van der Waals surface area contributed by atoms with Crippen molar-refractivity contribution in [1.82, 2.24) is 14.2 Å². The number of anilines is 1. The maximum Gasteiger partial charge on any atom is 0.252 e. The van der Waals surface area contributed by atoms with Crippen LogP contribution in [0.5, 0.6) is 5.75 Å². The van der Waals surface area contributed by atoms with Gasteiger partial charge >= 0.3 is 0 Å². The normalized spacial score (nSPS) is 18.2. The van der Waals surface area contributed by atoms with Crippen molar-refractivity contribution in [2.24, 2.45) is 5.92 Å². The molecule has 5 rings (SSSR count). The number of carbonyl (C=O) groups is 1. The van der Waals surface area contributed by atoms with Gasteiger partial charge in [0.2, 0.25) is 5.91 Å². The summed E-state index contributed by atoms with van der Waals surface area (Å²) in [4.78, 5) is 22.8. The molecule has 2 aliphatic rings. The summed E-state index contributed by atoms with van der Waals surface area (Å²) in [5, 5.41) is 0.670. The maximum atomic E-state index is 13.9. The fourth-order valence-corrected chi connectivity index (χ4v) is 8.97. The average molecular weight is 599 g/mol. The number of methoxy groups -OCH3 is 1. The van der Waals surface area contributed by atoms with Crippen molar-refractivity contribution in [3.8, 4) is 5.75 Å². The van der Waals surface area contributed by atoms with E-state index >= 15 is 0 Å². The SMILES string of the molecule is COc1ccc2nc(N(CCCN3CCOCC3)C(=O)C3CCN(S(=O)(=O)c4ccc(Cl)s4)CC3)sc2c1. The van der Waals surface area contributed by atoms with Crippen LogP contribution in [0.25, 0.3) is 10.2 Å². The van der Waals surface area contributed by atoms with Crippen LogP contribution in [0.15, 0.2) is 34.5 Å². The minimum absolute atomic E-state index is 0.00853. The molecule has 2 aromatic heterocycles. The number of nitrogens with zero attached hydrogens (tertiary/aromatic N) is 4. The molecule has 0 atom stereocenters. The molecule has 3 aromatic rings. The molecule has 1 amide bonds. The minimum atomic E-state index is -3.61. The second-order valence-corrected chi connectivity index (χ2v) is 14.3. The molecule has 0 spiro atoms. The van der Waals surface area contributed by atoms with E-state index in [1.165, 1.54) is 21.7 Å². The summed E-state index contributed by atoms with van der Waals surface area (Å²) in [7, 11) is -1.98. The Morgan fingerprint density at radius 3 is 2.61 bits per heavy atom. The number of halogens is 1. The number of piperidine rings is 1. The number of morpholine rings is 1. The van der Waals surface area contributed by atoms with Crippen LogP contribution in [0, 0.1) is 5.92 Å². The summed E-state index contributed by atoms with van der Waals surface area (Å²) in [5.41, 5.74) is 0.826. The molecule has 0 N–H and O–H groups in total. The van der Waals surface area contributed by atoms with E-state index in [0.717, 1.165) is 66.6 Å². The summed E-state index contributed by atoms with van der Waals surface area (Å²) in [6, 6.07) is 8.85. The summed E-state index contributed by atoms with van der Waals surface area (Å²) >= 11 is 8.50. The van der Waals surface area contributed by atoms with Gasteiger partial charge in [-0.1, -0.05) is 22.9 Å². The molecule has 4 heterocycles. The van der Waals surface area contributed by atoms with Gasteiger partial charge in [-0.05, 0) is 49.6 Å². The third-order valence-corrected chi connectivity index (χ3v) is 11.6. The van der Waals surface area contributed by atoms with Crippen molar-refractivity contribution in [3.05, 3.63) is 34.7 Å². The van der Waals surface area contributed by atoms with E-state index in [0.29, 0.717) is 41.9 Å². The van der Waals surface area contributed by atoms with Crippen LogP contribution in [0.2, 0.25) is 4.34 Å². The highest BCUT2D eigenvalue weighted by molar-refractivity contribution is 7.91. The molecule has 0 aliphatic carbocycles. The first-order chi connectivity index (χ1) is 18.3. The molecule has 0 saturated carbocycles. The topological polar surface area (TPSA) is 92.3 Å². The standard InChI is InChI=1S/C25H31ClN4O5S3/c1-34-19-3-4-20-21(17-19)36-25(27-20)30(10-2-9-28-13-15-35-16-14-28)24(31)18-7-11-29(12-8-18)38(32,33)23-6-5-22(26)37-23/h3-6,17-18H,2,7-16H2,1H3. The molecule has 206 valence electrons. The molecule has 13 heteroatoms. The number of benzene rings is 1. The molecule has 9 nitrogen and oxygen atoms in total. The number of carbonyl (C=O) groups excluding carboxylic acids is 1. The minimum Gasteiger partial charge on any atom is -0.497 e. The van der Waals surface area contributed by atoms with Gasteiger partial charge in [-0.2, -0.15) is 4.31 Å². The van der Waals surface area contributed by atoms with Crippen molar-refractivity contribution in [3.63, 3.8) is 0 Å². The van der Waals surface area contributed by atoms with Gasteiger partial charge in [0.05, 0.1) is 34.9 Å². The molecule has 2 fully saturated rings. The predicted molar refractivity (Wildman–Crippen MR) is 151 cm³/mol. The van der Waals surface area contributed by atoms with E-state index in [4.69, 9.17) is 26.1 Å². The second-order valence-electron chi connectivity index (χ2n) is 9.36. The van der Waals surface area contributed by atoms with E-state index in [9.17, 15) is 13.2 Å². The molecule has 38 heavy (non-hydrogen) atoms. The number of thiophene rings is 1. The van der Waals surface area contributed by atoms with Gasteiger partial charge in [0, 0.05) is 45.2 Å². The number of rotatable bonds is 9. The lowest BCUT2D eigenvalue weighted by atomic mass is 9.96. The molecule has 0 bridgehead atoms. The average Bonchev–Trinajstić information content (AvgIpc) is 3.57. The van der Waals surface area contributed by atoms with Gasteiger partial charge in [-0.3, -0.25) is 14.6 Å². The zero-order valence-corrected chi connectivity index (χ0v) is 24.4. The quantitative estimate of drug-likeness (QED) is 0.365. The zero-order valence-electron chi connectivity index (χ0n) is 21.2. The van der Waals surface area contributed by atoms with Gasteiger partial charge in [0.25, 0.3) is 10.0 Å². The van der Waals surface area contributed by atoms with Crippen molar-refractivity contribution in [2.45, 2.75) is 23.5 Å². The highest BCUT2D eigenvalue weighted by Gasteiger charge is 2.35. The van der Waals surface area contributed by atoms with Crippen LogP contribution in [-0.4, -0.2) is 88.1 Å². The Balaban J connectivity index is 1.30. The Kier molecular flexibility index (Phi) is 8.88. The fraction of sp³-hybridized carbons (Fsp3) is 0.520. The van der Waals surface area contributed by atoms with Gasteiger partial charge in [0.15, 0.2) is 5.13 Å². The van der Waals surface area contributed by atoms with Crippen LogP contribution in [0.3, 0.4) is 0 Å². The Labute approximate surface area is 236 Å². The van der Waals surface area contributed by atoms with Gasteiger partial charge < -0.3 is 9.47 Å². The first-order valence-corrected chi connectivity index (χ1v) is 16.1. The Bertz CT molecular complexity index is 1360. The van der Waals surface area contributed by atoms with Crippen molar-refractivity contribution in [1.29, 1.82) is 0 Å². The zero-order chi connectivity index (χ0) is 26.7. The number of amides is 1. The highest BCUT2D eigenvalue weighted by atomic mass is 35.5. The molecule has 2 aliphatic heterocycles. The molecule has 1 aromatic carbocycles. The number of hydrogen-bond acceptors (Lipinski definition) is 9. The van der Waals surface area contributed by atoms with Gasteiger partial charge in [-0.15, -0.1) is 11.3 Å². The highest BCUT2D eigenvalue weighted by Crippen LogP contribution is 2.35. The van der Waals surface area contributed by atoms with E-state index in [-0.39, 0.29) is 16.0 Å². The summed E-state index contributed by atoms with van der Waals surface area (Å²) in [6.07, 6.45) is 1.75. The lowest BCUT2D eigenvalue weighted by molar-refractivity contribution is -0.123. The van der Waals surface area contributed by atoms with E-state index < -0.39 is 10.0 Å². The predicted octanol–water partition coefficient (Wildman–Crippen LogP) is 4.18. The summed E-state index contributed by atoms with van der Waals surface area (Å²) in [5.74, 6) is 0.492. The van der Waals surface area contributed by atoms with E-state index in [1.807, 2.05) is 23.1 Å². The molecule has 0 radical (unpaired) electrons. The maximum absolute atomic E-state index is 13.9. The third kappa shape index (κ3) is 6.16. The first-order valence-electron chi connectivity index (χ1n) is 12.7. The van der Waals surface area contributed by atoms with Crippen molar-refractivity contribution >= 4 is 65.6 Å². The second kappa shape index (κ2) is 12.2. The lowest BCUT2D eigenvalue weighted by Crippen LogP contribution is -2.45. The van der Waals surface area contributed by atoms with Crippen LogP contribution in [0.1, 0.15) is 19.3 Å². The Morgan fingerprint density at radius 2 is 1.92 bits per heavy atom. The molecular formula is C25H31ClN4O5S3. The van der Waals surface area contributed by atoms with Gasteiger partial charge in [0.1, 0.15) is 9.96 Å². The van der Waals surface area contributed by atoms with Crippen LogP contribution < -0.4 is 9.64 Å². The number of aromatic nitrogens is 1. The van der Waals surface area contributed by atoms with Crippen LogP contribution >= 0.6 is 34.3 Å². The summed E-state index contributed by atoms with van der Waals surface area (Å²) in [6.45, 7) is 5.31. The van der Waals surface area contributed by atoms with E-state index in [1.54, 1.807) is 13.2 Å². The molecule has 0 unspecified atom stereocenters. The molecular weight excluding hydrogens is 568 g/mol. The number of ether oxygens (including phenoxy) is 2. The number of hydrogen-bond donors (Lipinski definition) is 0. The lowest BCUT2D eigenvalue weighted by Gasteiger charge is -2.33. The smallest absolute Gasteiger partial charge is 0.252 e. The third-order valence-electron chi connectivity index (χ3n) is 6.99. The van der Waals surface area contributed by atoms with Crippen LogP contribution in [-0.2, 0) is 19.6 Å². The Hall–Kier alpha value is -1.80. The largest absolute Gasteiger partial charge is 0.497 e. The van der Waals surface area contributed by atoms with E-state index in [2.05, 4.69) is 4.90 Å². The van der Waals surface area contributed by atoms with Crippen molar-refractivity contribution < 1.29 is 22.7 Å². The van der Waals surface area contributed by atoms with Gasteiger partial charge in [-0.25, -0.2) is 13.4 Å². The summed E-state index contributed by atoms with van der Waals surface area (Å²) < 4.78 is 40.0. The number of sulfonamides is 1. The number of fused-ring (bicyclic) bond motifs is 1. The fourth-order valence-electron chi connectivity index (χ4n) is 4.84. The van der Waals surface area contributed by atoms with Crippen molar-refractivity contribution in [2.75, 3.05) is 64.5 Å². The molecule has 2 saturated heterocycles. The van der Waals surface area contributed by atoms with Crippen LogP contribution in [0.4, 0.5) is 5.13 Å². The monoisotopic (exact) mass is 598 g/mol. The first kappa shape index (κ1) is 27.8. The number of thiazole rings is 1.